The molecule has 10 aromatic carbocycles. The molecule has 3 radical (unpaired) electrons. The Morgan fingerprint density at radius 1 is 0.352 bits per heavy atom. The molecule has 8 nitrogen and oxygen atoms in total. The number of ketones is 4. The van der Waals surface area contributed by atoms with Crippen LogP contribution in [0.25, 0.3) is 33.4 Å². The third-order valence-corrected chi connectivity index (χ3v) is 18.7. The zero-order valence-corrected chi connectivity index (χ0v) is 51.4. The van der Waals surface area contributed by atoms with Gasteiger partial charge in [-0.05, 0) is 168 Å². The predicted octanol–water partition coefficient (Wildman–Crippen LogP) is 18.6. The van der Waals surface area contributed by atoms with Crippen molar-refractivity contribution in [1.29, 1.82) is 0 Å². The van der Waals surface area contributed by atoms with Crippen LogP contribution in [0, 0.1) is 0 Å². The highest BCUT2D eigenvalue weighted by Crippen LogP contribution is 2.53. The lowest BCUT2D eigenvalue weighted by Gasteiger charge is -2.42. The minimum Gasteiger partial charge on any atom is -0.399 e. The molecule has 0 spiro atoms. The molecule has 435 valence electrons. The Kier molecular flexibility index (Phi) is 15.8. The van der Waals surface area contributed by atoms with Crippen LogP contribution in [0.15, 0.2) is 235 Å². The lowest BCUT2D eigenvalue weighted by molar-refractivity contribution is 0.00578. The van der Waals surface area contributed by atoms with Crippen molar-refractivity contribution in [3.63, 3.8) is 0 Å². The molecule has 10 aromatic rings. The van der Waals surface area contributed by atoms with Gasteiger partial charge in [-0.3, -0.25) is 19.2 Å². The van der Waals surface area contributed by atoms with Gasteiger partial charge in [0, 0.05) is 58.8 Å². The molecule has 3 heterocycles. The third kappa shape index (κ3) is 10.1. The fourth-order valence-electron chi connectivity index (χ4n) is 12.9. The lowest BCUT2D eigenvalue weighted by atomic mass is 9.73. The van der Waals surface area contributed by atoms with Crippen molar-refractivity contribution in [3.8, 4) is 33.4 Å². The van der Waals surface area contributed by atoms with E-state index >= 15 is 0 Å². The first-order chi connectivity index (χ1) is 41.2. The summed E-state index contributed by atoms with van der Waals surface area (Å²) in [6, 6.07) is 77.5. The van der Waals surface area contributed by atoms with Crippen molar-refractivity contribution in [1.82, 2.24) is 0 Å². The normalized spacial score (nSPS) is 16.1. The minimum absolute atomic E-state index is 0. The number of benzene rings is 10. The Morgan fingerprint density at radius 3 is 1.06 bits per heavy atom. The highest BCUT2D eigenvalue weighted by Gasteiger charge is 2.52. The van der Waals surface area contributed by atoms with Crippen molar-refractivity contribution in [3.05, 3.63) is 280 Å². The molecule has 15 rings (SSSR count). The Bertz CT molecular complexity index is 4330. The first kappa shape index (κ1) is 60.7. The molecule has 0 bridgehead atoms. The zero-order chi connectivity index (χ0) is 60.0. The maximum absolute atomic E-state index is 12.7. The Hall–Kier alpha value is -8.99. The number of hydrogen-bond acceptors (Lipinski definition) is 8. The first-order valence-corrected chi connectivity index (χ1v) is 29.9. The minimum atomic E-state index is -0.439. The molecule has 88 heavy (non-hydrogen) atoms. The van der Waals surface area contributed by atoms with Crippen molar-refractivity contribution >= 4 is 94.2 Å². The number of hydrogen-bond donors (Lipinski definition) is 0. The molecule has 1 fully saturated rings. The largest absolute Gasteiger partial charge is 0.494 e. The number of para-hydroxylation sites is 4. The SMILES string of the molecule is C.CC1(C)c2ccccc2N(c2ccc(-c3ccc4c(c3)-c3ccccc3C(=O)C4=O)cc2)c2ccccc21.CC1(C)c2ccccc2N(c2ccc(B3OC(C)(C)C(C)(C)O3)cc2)c2ccccc21.O=C1C(=O)c2ccc(Br)cc2-c2ccccc21.[B].[HH]. The number of fused-ring (bicyclic) bond motifs is 10. The maximum atomic E-state index is 12.7. The summed E-state index contributed by atoms with van der Waals surface area (Å²) < 4.78 is 13.4. The predicted molar refractivity (Wildman–Crippen MR) is 365 cm³/mol. The van der Waals surface area contributed by atoms with E-state index in [1.54, 1.807) is 42.5 Å². The van der Waals surface area contributed by atoms with Gasteiger partial charge in [0.1, 0.15) is 0 Å². The number of Topliss-reactive ketones (excluding diaryl/α,β-unsaturated/α-hetero) is 4. The summed E-state index contributed by atoms with van der Waals surface area (Å²) in [5, 5.41) is 0. The van der Waals surface area contributed by atoms with Gasteiger partial charge in [0.15, 0.2) is 0 Å². The summed E-state index contributed by atoms with van der Waals surface area (Å²) in [5.74, 6) is -1.72. The smallest absolute Gasteiger partial charge is 0.399 e. The molecule has 0 amide bonds. The van der Waals surface area contributed by atoms with E-state index in [-0.39, 0.29) is 46.4 Å². The number of rotatable bonds is 4. The topological polar surface area (TPSA) is 93.2 Å². The van der Waals surface area contributed by atoms with Crippen LogP contribution < -0.4 is 15.3 Å². The van der Waals surface area contributed by atoms with Crippen LogP contribution in [0.5, 0.6) is 0 Å². The Labute approximate surface area is 528 Å². The molecule has 0 saturated carbocycles. The maximum Gasteiger partial charge on any atom is 0.494 e. The number of nitrogens with zero attached hydrogens (tertiary/aromatic N) is 2. The molecule has 3 aliphatic heterocycles. The van der Waals surface area contributed by atoms with Gasteiger partial charge in [0.25, 0.3) is 0 Å². The third-order valence-electron chi connectivity index (χ3n) is 18.2. The van der Waals surface area contributed by atoms with Gasteiger partial charge in [-0.15, -0.1) is 0 Å². The number of carbonyl (C=O) groups is 4. The second-order valence-electron chi connectivity index (χ2n) is 24.6. The second kappa shape index (κ2) is 22.9. The van der Waals surface area contributed by atoms with Gasteiger partial charge in [-0.25, -0.2) is 0 Å². The van der Waals surface area contributed by atoms with Gasteiger partial charge in [0.2, 0.25) is 23.1 Å². The summed E-state index contributed by atoms with van der Waals surface area (Å²) in [6.07, 6.45) is 0. The van der Waals surface area contributed by atoms with E-state index in [0.29, 0.717) is 22.3 Å². The summed E-state index contributed by atoms with van der Waals surface area (Å²) in [5.41, 5.74) is 19.8. The quantitative estimate of drug-likeness (QED) is 0.127. The molecule has 0 unspecified atom stereocenters. The zero-order valence-electron chi connectivity index (χ0n) is 49.8. The molecule has 0 atom stereocenters. The first-order valence-electron chi connectivity index (χ1n) is 29.1. The van der Waals surface area contributed by atoms with Gasteiger partial charge in [-0.2, -0.15) is 0 Å². The van der Waals surface area contributed by atoms with E-state index in [1.807, 2.05) is 42.5 Å². The van der Waals surface area contributed by atoms with Crippen molar-refractivity contribution in [2.24, 2.45) is 0 Å². The highest BCUT2D eigenvalue weighted by molar-refractivity contribution is 9.10. The van der Waals surface area contributed by atoms with E-state index < -0.39 is 23.1 Å². The van der Waals surface area contributed by atoms with Crippen LogP contribution in [-0.2, 0) is 20.1 Å². The van der Waals surface area contributed by atoms with Crippen LogP contribution >= 0.6 is 15.9 Å². The van der Waals surface area contributed by atoms with Crippen LogP contribution in [0.2, 0.25) is 0 Å². The molecule has 11 heteroatoms. The number of halogens is 1. The summed E-state index contributed by atoms with van der Waals surface area (Å²) in [7, 11) is -0.348. The standard InChI is InChI=1S/C35H25NO2.C27H30BNO2.C14H7BrO2.CH4.B.H2/c1-35(2)29-11-5-7-13-31(29)36(32-14-8-6-12-30(32)35)24-18-15-22(16-19-24)23-17-20-27-28(21-23)25-9-3-4-10-26(25)33(37)34(27)38;1-25(2)21-11-7-9-13-23(21)29(24-14-10-8-12-22(24)25)20-17-15-19(16-18-20)28-30-26(3,4)27(5,6)31-28;15-8-5-6-11-12(7-8)9-3-1-2-4-10(9)13(16)14(11)17;;;/h3-21H,1-2H3;7-18H,1-6H3;1-7H;1H4;;1H. The van der Waals surface area contributed by atoms with Gasteiger partial charge in [0.05, 0.1) is 34.0 Å². The van der Waals surface area contributed by atoms with E-state index in [1.165, 1.54) is 45.0 Å². The summed E-state index contributed by atoms with van der Waals surface area (Å²) in [6.45, 7) is 17.5. The number of anilines is 6. The summed E-state index contributed by atoms with van der Waals surface area (Å²) >= 11 is 3.38. The lowest BCUT2D eigenvalue weighted by Crippen LogP contribution is -2.41. The molecule has 2 aliphatic carbocycles. The molecule has 1 saturated heterocycles. The van der Waals surface area contributed by atoms with Crippen LogP contribution in [0.1, 0.15) is 128 Å². The fourth-order valence-corrected chi connectivity index (χ4v) is 13.2. The Morgan fingerprint density at radius 2 is 0.659 bits per heavy atom. The van der Waals surface area contributed by atoms with Gasteiger partial charge >= 0.3 is 7.12 Å². The van der Waals surface area contributed by atoms with E-state index in [0.717, 1.165) is 54.7 Å². The molecule has 5 aliphatic rings. The fraction of sp³-hybridized carbons (Fsp3) is 0.169. The van der Waals surface area contributed by atoms with Crippen LogP contribution in [0.3, 0.4) is 0 Å². The molecular weight excluding hydrogens is 1150 g/mol. The van der Waals surface area contributed by atoms with Gasteiger partial charge in [-0.1, -0.05) is 203 Å². The van der Waals surface area contributed by atoms with Gasteiger partial charge < -0.3 is 19.1 Å². The summed E-state index contributed by atoms with van der Waals surface area (Å²) in [4.78, 5) is 53.9. The molecule has 0 aromatic heterocycles. The van der Waals surface area contributed by atoms with Crippen LogP contribution in [-0.4, -0.2) is 49.9 Å². The molecular formula is C77H68B2BrN2O6. The monoisotopic (exact) mass is 1220 g/mol. The van der Waals surface area contributed by atoms with Crippen molar-refractivity contribution in [2.75, 3.05) is 9.80 Å². The van der Waals surface area contributed by atoms with E-state index in [9.17, 15) is 19.2 Å². The molecule has 0 N–H and O–H groups in total. The van der Waals surface area contributed by atoms with Crippen LogP contribution in [0.4, 0.5) is 34.1 Å². The number of carbonyl (C=O) groups excluding carboxylic acids is 4. The average molecular weight is 1220 g/mol. The Balaban J connectivity index is 0.000000154. The second-order valence-corrected chi connectivity index (χ2v) is 25.5. The van der Waals surface area contributed by atoms with E-state index in [2.05, 4.69) is 227 Å². The van der Waals surface area contributed by atoms with E-state index in [4.69, 9.17) is 9.31 Å². The van der Waals surface area contributed by atoms with Crippen molar-refractivity contribution < 1.29 is 29.9 Å². The average Bonchev–Trinajstić information content (AvgIpc) is 2.04. The van der Waals surface area contributed by atoms with Crippen molar-refractivity contribution in [2.45, 2.75) is 84.8 Å². The highest BCUT2D eigenvalue weighted by atomic mass is 79.9.